The molecule has 1 heterocycles. The first-order valence-electron chi connectivity index (χ1n) is 10.5. The molecule has 2 aliphatic rings. The number of carbonyl (C=O) groups is 3. The minimum Gasteiger partial charge on any atom is -0.497 e. The van der Waals surface area contributed by atoms with Gasteiger partial charge in [0.2, 0.25) is 5.91 Å². The highest BCUT2D eigenvalue weighted by atomic mass is 16.5. The summed E-state index contributed by atoms with van der Waals surface area (Å²) in [6.45, 7) is 1.72. The van der Waals surface area contributed by atoms with E-state index in [0.717, 1.165) is 25.7 Å². The van der Waals surface area contributed by atoms with Crippen LogP contribution in [0.1, 0.15) is 48.9 Å². The van der Waals surface area contributed by atoms with Crippen molar-refractivity contribution in [2.24, 2.45) is 5.92 Å². The molecule has 0 unspecified atom stereocenters. The molecule has 1 aliphatic heterocycles. The number of benzene rings is 1. The Morgan fingerprint density at radius 1 is 1.10 bits per heavy atom. The first-order valence-corrected chi connectivity index (χ1v) is 10.5. The third-order valence-electron chi connectivity index (χ3n) is 5.48. The van der Waals surface area contributed by atoms with Gasteiger partial charge in [0.15, 0.2) is 0 Å². The first-order chi connectivity index (χ1) is 14.5. The number of esters is 1. The van der Waals surface area contributed by atoms with E-state index in [9.17, 15) is 14.4 Å². The van der Waals surface area contributed by atoms with Crippen LogP contribution in [0, 0.1) is 5.92 Å². The molecule has 0 radical (unpaired) electrons. The van der Waals surface area contributed by atoms with E-state index in [0.29, 0.717) is 43.1 Å². The summed E-state index contributed by atoms with van der Waals surface area (Å²) >= 11 is 0. The van der Waals surface area contributed by atoms with Crippen molar-refractivity contribution in [1.82, 2.24) is 10.2 Å². The molecule has 1 saturated heterocycles. The fourth-order valence-electron chi connectivity index (χ4n) is 3.51. The van der Waals surface area contributed by atoms with E-state index in [1.807, 2.05) is 4.90 Å². The Labute approximate surface area is 176 Å². The smallest absolute Gasteiger partial charge is 0.305 e. The van der Waals surface area contributed by atoms with Gasteiger partial charge in [0.05, 0.1) is 19.8 Å². The molecule has 0 atom stereocenters. The largest absolute Gasteiger partial charge is 0.497 e. The van der Waals surface area contributed by atoms with Crippen molar-refractivity contribution in [2.75, 3.05) is 33.9 Å². The van der Waals surface area contributed by atoms with Crippen molar-refractivity contribution in [1.29, 1.82) is 0 Å². The zero-order valence-corrected chi connectivity index (χ0v) is 17.6. The molecule has 0 aromatic heterocycles. The molecule has 1 aromatic rings. The van der Waals surface area contributed by atoms with Crippen molar-refractivity contribution >= 4 is 17.8 Å². The summed E-state index contributed by atoms with van der Waals surface area (Å²) in [5.74, 6) is 0.972. The third-order valence-corrected chi connectivity index (χ3v) is 5.48. The highest BCUT2D eigenvalue weighted by Gasteiger charge is 2.35. The molecule has 164 valence electrons. The summed E-state index contributed by atoms with van der Waals surface area (Å²) in [4.78, 5) is 38.0. The Kier molecular flexibility index (Phi) is 7.54. The molecule has 2 amide bonds. The molecule has 1 N–H and O–H groups in total. The molecule has 8 nitrogen and oxygen atoms in total. The number of amides is 2. The molecule has 30 heavy (non-hydrogen) atoms. The Hall–Kier alpha value is -2.77. The molecule has 3 rings (SSSR count). The fourth-order valence-corrected chi connectivity index (χ4v) is 3.51. The van der Waals surface area contributed by atoms with Gasteiger partial charge in [0, 0.05) is 44.8 Å². The van der Waals surface area contributed by atoms with Crippen LogP contribution < -0.4 is 14.8 Å². The van der Waals surface area contributed by atoms with Crippen LogP contribution in [0.15, 0.2) is 18.2 Å². The third kappa shape index (κ3) is 5.87. The minimum atomic E-state index is -0.304. The number of nitrogens with zero attached hydrogens (tertiary/aromatic N) is 1. The van der Waals surface area contributed by atoms with Crippen LogP contribution >= 0.6 is 0 Å². The van der Waals surface area contributed by atoms with E-state index in [4.69, 9.17) is 9.47 Å². The Morgan fingerprint density at radius 2 is 1.83 bits per heavy atom. The topological polar surface area (TPSA) is 94.2 Å². The lowest BCUT2D eigenvalue weighted by Crippen LogP contribution is -2.42. The van der Waals surface area contributed by atoms with Gasteiger partial charge < -0.3 is 24.4 Å². The van der Waals surface area contributed by atoms with E-state index in [2.05, 4.69) is 10.1 Å². The van der Waals surface area contributed by atoms with Crippen LogP contribution in [0.3, 0.4) is 0 Å². The fraction of sp³-hybridized carbons (Fsp3) is 0.591. The summed E-state index contributed by atoms with van der Waals surface area (Å²) in [5.41, 5.74) is 0.393. The predicted molar refractivity (Wildman–Crippen MR) is 110 cm³/mol. The highest BCUT2D eigenvalue weighted by Crippen LogP contribution is 2.32. The molecule has 0 bridgehead atoms. The van der Waals surface area contributed by atoms with Crippen LogP contribution in [0.5, 0.6) is 11.5 Å². The van der Waals surface area contributed by atoms with Gasteiger partial charge in [-0.2, -0.15) is 0 Å². The van der Waals surface area contributed by atoms with E-state index in [-0.39, 0.29) is 36.2 Å². The van der Waals surface area contributed by atoms with E-state index >= 15 is 0 Å². The molecule has 1 aromatic carbocycles. The van der Waals surface area contributed by atoms with Crippen LogP contribution in [0.2, 0.25) is 0 Å². The van der Waals surface area contributed by atoms with Gasteiger partial charge in [-0.25, -0.2) is 0 Å². The maximum absolute atomic E-state index is 12.7. The maximum atomic E-state index is 12.7. The quantitative estimate of drug-likeness (QED) is 0.488. The summed E-state index contributed by atoms with van der Waals surface area (Å²) in [7, 11) is 2.88. The van der Waals surface area contributed by atoms with Crippen molar-refractivity contribution in [3.63, 3.8) is 0 Å². The molecular weight excluding hydrogens is 388 g/mol. The second-order valence-electron chi connectivity index (χ2n) is 7.71. The first kappa shape index (κ1) is 21.9. The lowest BCUT2D eigenvalue weighted by Gasteiger charge is -2.32. The van der Waals surface area contributed by atoms with Crippen molar-refractivity contribution in [3.8, 4) is 11.5 Å². The monoisotopic (exact) mass is 418 g/mol. The average molecular weight is 418 g/mol. The molecule has 1 saturated carbocycles. The summed E-state index contributed by atoms with van der Waals surface area (Å²) in [6.07, 6.45) is 4.20. The number of ether oxygens (including phenoxy) is 3. The molecular formula is C22H30N2O6. The van der Waals surface area contributed by atoms with Gasteiger partial charge in [-0.05, 0) is 37.5 Å². The number of carbonyl (C=O) groups excluding carboxylic acids is 3. The molecule has 8 heteroatoms. The number of nitrogens with one attached hydrogen (secondary N) is 1. The van der Waals surface area contributed by atoms with Crippen LogP contribution in [-0.4, -0.2) is 62.6 Å². The lowest BCUT2D eigenvalue weighted by molar-refractivity contribution is -0.140. The van der Waals surface area contributed by atoms with E-state index in [1.54, 1.807) is 25.3 Å². The normalized spacial score (nSPS) is 16.7. The van der Waals surface area contributed by atoms with Gasteiger partial charge in [0.1, 0.15) is 17.6 Å². The highest BCUT2D eigenvalue weighted by molar-refractivity contribution is 5.97. The van der Waals surface area contributed by atoms with Crippen LogP contribution in [-0.2, 0) is 14.3 Å². The SMILES string of the molecule is COC(=O)CCCNC(=O)c1cc(OC)ccc1OC1CCN(C(=O)C2CC2)CC1. The molecule has 2 fully saturated rings. The van der Waals surface area contributed by atoms with Crippen LogP contribution in [0.4, 0.5) is 0 Å². The summed E-state index contributed by atoms with van der Waals surface area (Å²) in [5, 5.41) is 2.81. The Morgan fingerprint density at radius 3 is 2.47 bits per heavy atom. The maximum Gasteiger partial charge on any atom is 0.305 e. The second kappa shape index (κ2) is 10.3. The summed E-state index contributed by atoms with van der Waals surface area (Å²) in [6, 6.07) is 5.15. The lowest BCUT2D eigenvalue weighted by atomic mass is 10.1. The molecule has 0 spiro atoms. The van der Waals surface area contributed by atoms with Gasteiger partial charge in [-0.3, -0.25) is 14.4 Å². The molecule has 1 aliphatic carbocycles. The van der Waals surface area contributed by atoms with E-state index < -0.39 is 0 Å². The van der Waals surface area contributed by atoms with Crippen LogP contribution in [0.25, 0.3) is 0 Å². The number of piperidine rings is 1. The number of likely N-dealkylation sites (tertiary alicyclic amines) is 1. The standard InChI is InChI=1S/C22H30N2O6/c1-28-17-7-8-19(18(14-17)21(26)23-11-3-4-20(25)29-2)30-16-9-12-24(13-10-16)22(27)15-5-6-15/h7-8,14-16H,3-6,9-13H2,1-2H3,(H,23,26). The van der Waals surface area contributed by atoms with Gasteiger partial charge in [-0.15, -0.1) is 0 Å². The number of hydrogen-bond acceptors (Lipinski definition) is 6. The van der Waals surface area contributed by atoms with Crippen molar-refractivity contribution in [3.05, 3.63) is 23.8 Å². The van der Waals surface area contributed by atoms with Crippen molar-refractivity contribution in [2.45, 2.75) is 44.6 Å². The summed E-state index contributed by atoms with van der Waals surface area (Å²) < 4.78 is 16.0. The van der Waals surface area contributed by atoms with Gasteiger partial charge in [-0.1, -0.05) is 0 Å². The number of hydrogen-bond donors (Lipinski definition) is 1. The van der Waals surface area contributed by atoms with Gasteiger partial charge in [0.25, 0.3) is 5.91 Å². The minimum absolute atomic E-state index is 0.0486. The van der Waals surface area contributed by atoms with E-state index in [1.165, 1.54) is 7.11 Å². The Bertz CT molecular complexity index is 769. The zero-order valence-electron chi connectivity index (χ0n) is 17.6. The predicted octanol–water partition coefficient (Wildman–Crippen LogP) is 2.16. The number of methoxy groups -OCH3 is 2. The van der Waals surface area contributed by atoms with Crippen molar-refractivity contribution < 1.29 is 28.6 Å². The second-order valence-corrected chi connectivity index (χ2v) is 7.71. The zero-order chi connectivity index (χ0) is 21.5. The average Bonchev–Trinajstić information content (AvgIpc) is 3.62. The van der Waals surface area contributed by atoms with Gasteiger partial charge >= 0.3 is 5.97 Å². The Balaban J connectivity index is 1.57. The number of rotatable bonds is 9.